The van der Waals surface area contributed by atoms with Crippen molar-refractivity contribution in [2.75, 3.05) is 11.5 Å². The van der Waals surface area contributed by atoms with Crippen LogP contribution in [0.4, 0.5) is 0 Å². The van der Waals surface area contributed by atoms with Crippen LogP contribution in [0.3, 0.4) is 0 Å². The summed E-state index contributed by atoms with van der Waals surface area (Å²) in [5, 5.41) is 3.01. The van der Waals surface area contributed by atoms with Crippen LogP contribution in [-0.2, 0) is 4.79 Å². The topological polar surface area (TPSA) is 55.1 Å². The van der Waals surface area contributed by atoms with Crippen LogP contribution in [0.25, 0.3) is 0 Å². The predicted octanol–water partition coefficient (Wildman–Crippen LogP) is 2.25. The molecule has 2 atom stereocenters. The summed E-state index contributed by atoms with van der Waals surface area (Å²) in [5.74, 6) is 1.35. The van der Waals surface area contributed by atoms with E-state index >= 15 is 0 Å². The largest absolute Gasteiger partial charge is 0.349 e. The van der Waals surface area contributed by atoms with Gasteiger partial charge in [0.1, 0.15) is 0 Å². The highest BCUT2D eigenvalue weighted by Crippen LogP contribution is 2.16. The molecule has 1 aromatic rings. The van der Waals surface area contributed by atoms with Crippen molar-refractivity contribution in [3.8, 4) is 0 Å². The zero-order valence-corrected chi connectivity index (χ0v) is 12.1. The molecule has 1 rings (SSSR count). The lowest BCUT2D eigenvalue weighted by Crippen LogP contribution is -2.29. The summed E-state index contributed by atoms with van der Waals surface area (Å²) in [6.07, 6.45) is 0. The van der Waals surface area contributed by atoms with Gasteiger partial charge in [0.15, 0.2) is 0 Å². The minimum atomic E-state index is 0.0506. The number of benzene rings is 1. The fourth-order valence-electron chi connectivity index (χ4n) is 1.77. The molecule has 0 radical (unpaired) electrons. The van der Waals surface area contributed by atoms with Crippen molar-refractivity contribution in [3.05, 3.63) is 35.4 Å². The van der Waals surface area contributed by atoms with Gasteiger partial charge in [-0.1, -0.05) is 24.3 Å². The first-order valence-corrected chi connectivity index (χ1v) is 7.34. The summed E-state index contributed by atoms with van der Waals surface area (Å²) in [5.41, 5.74) is 8.01. The van der Waals surface area contributed by atoms with Gasteiger partial charge in [0, 0.05) is 11.8 Å². The van der Waals surface area contributed by atoms with Crippen LogP contribution in [0, 0.1) is 6.92 Å². The van der Waals surface area contributed by atoms with E-state index in [1.807, 2.05) is 26.0 Å². The van der Waals surface area contributed by atoms with E-state index in [4.69, 9.17) is 5.73 Å². The Bertz CT molecular complexity index is 393. The van der Waals surface area contributed by atoms with Gasteiger partial charge in [-0.25, -0.2) is 0 Å². The summed E-state index contributed by atoms with van der Waals surface area (Å²) in [6, 6.07) is 8.30. The van der Waals surface area contributed by atoms with E-state index in [-0.39, 0.29) is 18.0 Å². The highest BCUT2D eigenvalue weighted by atomic mass is 32.2. The molecular weight excluding hydrogens is 244 g/mol. The summed E-state index contributed by atoms with van der Waals surface area (Å²) in [6.45, 7) is 6.01. The Balaban J connectivity index is 2.42. The Hall–Kier alpha value is -1.000. The molecule has 1 amide bonds. The smallest absolute Gasteiger partial charge is 0.230 e. The van der Waals surface area contributed by atoms with Crippen LogP contribution in [0.15, 0.2) is 24.3 Å². The number of carbonyl (C=O) groups excluding carboxylic acids is 1. The minimum Gasteiger partial charge on any atom is -0.349 e. The molecule has 0 saturated carbocycles. The highest BCUT2D eigenvalue weighted by molar-refractivity contribution is 7.99. The lowest BCUT2D eigenvalue weighted by Gasteiger charge is -2.16. The van der Waals surface area contributed by atoms with Crippen molar-refractivity contribution in [2.24, 2.45) is 5.73 Å². The third kappa shape index (κ3) is 5.10. The summed E-state index contributed by atoms with van der Waals surface area (Å²) in [7, 11) is 0. The maximum absolute atomic E-state index is 11.7. The number of nitrogens with one attached hydrogen (secondary N) is 1. The lowest BCUT2D eigenvalue weighted by molar-refractivity contribution is -0.119. The quantitative estimate of drug-likeness (QED) is 0.830. The first kappa shape index (κ1) is 15.1. The van der Waals surface area contributed by atoms with Crippen LogP contribution in [0.1, 0.15) is 31.0 Å². The third-order valence-corrected chi connectivity index (χ3v) is 3.87. The van der Waals surface area contributed by atoms with Crippen LogP contribution in [0.2, 0.25) is 0 Å². The van der Waals surface area contributed by atoms with Gasteiger partial charge in [0.25, 0.3) is 0 Å². The van der Waals surface area contributed by atoms with E-state index in [0.29, 0.717) is 5.75 Å². The highest BCUT2D eigenvalue weighted by Gasteiger charge is 2.11. The van der Waals surface area contributed by atoms with Gasteiger partial charge in [0.2, 0.25) is 5.91 Å². The molecule has 2 unspecified atom stereocenters. The van der Waals surface area contributed by atoms with E-state index in [2.05, 4.69) is 24.4 Å². The Morgan fingerprint density at radius 3 is 2.67 bits per heavy atom. The fourth-order valence-corrected chi connectivity index (χ4v) is 2.53. The number of hydrogen-bond acceptors (Lipinski definition) is 3. The Kier molecular flexibility index (Phi) is 6.22. The number of hydrogen-bond donors (Lipinski definition) is 2. The molecule has 0 aliphatic heterocycles. The van der Waals surface area contributed by atoms with Crippen LogP contribution in [0.5, 0.6) is 0 Å². The average molecular weight is 266 g/mol. The first-order chi connectivity index (χ1) is 8.50. The number of rotatable bonds is 6. The zero-order valence-electron chi connectivity index (χ0n) is 11.3. The predicted molar refractivity (Wildman–Crippen MR) is 78.7 cm³/mol. The summed E-state index contributed by atoms with van der Waals surface area (Å²) < 4.78 is 0. The molecule has 0 aromatic heterocycles. The van der Waals surface area contributed by atoms with Crippen molar-refractivity contribution in [1.82, 2.24) is 5.32 Å². The standard InChI is InChI=1S/C14H22N2OS/c1-10-6-4-5-7-13(10)12(3)16-14(17)9-18-8-11(2)15/h4-7,11-12H,8-9,15H2,1-3H3,(H,16,17). The average Bonchev–Trinajstić information content (AvgIpc) is 2.28. The second-order valence-corrected chi connectivity index (χ2v) is 5.67. The Morgan fingerprint density at radius 2 is 2.06 bits per heavy atom. The molecule has 0 heterocycles. The molecule has 0 fully saturated rings. The molecule has 4 heteroatoms. The normalized spacial score (nSPS) is 14.0. The maximum atomic E-state index is 11.7. The van der Waals surface area contributed by atoms with Gasteiger partial charge in [-0.2, -0.15) is 11.8 Å². The zero-order chi connectivity index (χ0) is 13.5. The van der Waals surface area contributed by atoms with Gasteiger partial charge in [-0.3, -0.25) is 4.79 Å². The van der Waals surface area contributed by atoms with Gasteiger partial charge >= 0.3 is 0 Å². The molecule has 1 aromatic carbocycles. The number of carbonyl (C=O) groups is 1. The minimum absolute atomic E-state index is 0.0506. The molecule has 0 spiro atoms. The Labute approximate surface area is 114 Å². The number of amides is 1. The van der Waals surface area contributed by atoms with Gasteiger partial charge in [-0.15, -0.1) is 0 Å². The number of nitrogens with two attached hydrogens (primary N) is 1. The van der Waals surface area contributed by atoms with Gasteiger partial charge in [-0.05, 0) is 31.9 Å². The van der Waals surface area contributed by atoms with Crippen molar-refractivity contribution < 1.29 is 4.79 Å². The van der Waals surface area contributed by atoms with Crippen molar-refractivity contribution in [3.63, 3.8) is 0 Å². The monoisotopic (exact) mass is 266 g/mol. The van der Waals surface area contributed by atoms with Crippen molar-refractivity contribution in [1.29, 1.82) is 0 Å². The molecule has 0 aliphatic rings. The molecule has 100 valence electrons. The SMILES string of the molecule is Cc1ccccc1C(C)NC(=O)CSCC(C)N. The molecule has 0 bridgehead atoms. The van der Waals surface area contributed by atoms with Crippen LogP contribution < -0.4 is 11.1 Å². The second-order valence-electron chi connectivity index (χ2n) is 4.64. The Morgan fingerprint density at radius 1 is 1.39 bits per heavy atom. The molecule has 0 saturated heterocycles. The molecule has 3 N–H and O–H groups in total. The van der Waals surface area contributed by atoms with Crippen LogP contribution in [-0.4, -0.2) is 23.5 Å². The molecule has 18 heavy (non-hydrogen) atoms. The molecule has 0 aliphatic carbocycles. The first-order valence-electron chi connectivity index (χ1n) is 6.19. The van der Waals surface area contributed by atoms with Crippen LogP contribution >= 0.6 is 11.8 Å². The van der Waals surface area contributed by atoms with E-state index < -0.39 is 0 Å². The van der Waals surface area contributed by atoms with E-state index in [9.17, 15) is 4.79 Å². The number of aryl methyl sites for hydroxylation is 1. The maximum Gasteiger partial charge on any atom is 0.230 e. The van der Waals surface area contributed by atoms with Gasteiger partial charge in [0.05, 0.1) is 11.8 Å². The molecular formula is C14H22N2OS. The van der Waals surface area contributed by atoms with Gasteiger partial charge < -0.3 is 11.1 Å². The summed E-state index contributed by atoms with van der Waals surface area (Å²) >= 11 is 1.57. The molecule has 3 nitrogen and oxygen atoms in total. The lowest BCUT2D eigenvalue weighted by atomic mass is 10.0. The second kappa shape index (κ2) is 7.44. The fraction of sp³-hybridized carbons (Fsp3) is 0.500. The van der Waals surface area contributed by atoms with E-state index in [0.717, 1.165) is 5.75 Å². The van der Waals surface area contributed by atoms with E-state index in [1.54, 1.807) is 11.8 Å². The van der Waals surface area contributed by atoms with Crippen molar-refractivity contribution >= 4 is 17.7 Å². The summed E-state index contributed by atoms with van der Waals surface area (Å²) in [4.78, 5) is 11.7. The van der Waals surface area contributed by atoms with Crippen molar-refractivity contribution in [2.45, 2.75) is 32.9 Å². The van der Waals surface area contributed by atoms with E-state index in [1.165, 1.54) is 11.1 Å². The number of thioether (sulfide) groups is 1. The third-order valence-electron chi connectivity index (χ3n) is 2.65.